The van der Waals surface area contributed by atoms with Crippen LogP contribution in [-0.2, 0) is 15.6 Å². The van der Waals surface area contributed by atoms with Crippen LogP contribution in [0.3, 0.4) is 0 Å². The lowest BCUT2D eigenvalue weighted by Gasteiger charge is -2.25. The minimum atomic E-state index is -4.06. The summed E-state index contributed by atoms with van der Waals surface area (Å²) in [5.74, 6) is 0. The highest BCUT2D eigenvalue weighted by Crippen LogP contribution is 2.29. The molecule has 8 nitrogen and oxygen atoms in total. The number of nitro groups is 1. The van der Waals surface area contributed by atoms with E-state index in [0.29, 0.717) is 10.6 Å². The smallest absolute Gasteiger partial charge is 0.293 e. The average Bonchev–Trinajstić information content (AvgIpc) is 2.52. The molecule has 1 unspecified atom stereocenters. The summed E-state index contributed by atoms with van der Waals surface area (Å²) in [6.45, 7) is 1.46. The number of halogens is 1. The number of hydrogen-bond donors (Lipinski definition) is 3. The molecule has 1 atom stereocenters. The third-order valence-electron chi connectivity index (χ3n) is 3.56. The summed E-state index contributed by atoms with van der Waals surface area (Å²) >= 11 is 5.91. The number of primary sulfonamides is 1. The quantitative estimate of drug-likeness (QED) is 0.515. The Hall–Kier alpha value is -2.20. The molecule has 0 fully saturated rings. The summed E-state index contributed by atoms with van der Waals surface area (Å²) in [5, 5.41) is 30.0. The summed E-state index contributed by atoms with van der Waals surface area (Å²) < 4.78 is 22.7. The van der Waals surface area contributed by atoms with Crippen molar-refractivity contribution in [3.8, 4) is 0 Å². The van der Waals surface area contributed by atoms with Gasteiger partial charge in [-0.25, -0.2) is 13.6 Å². The predicted octanol–water partition coefficient (Wildman–Crippen LogP) is 2.22. The molecule has 2 rings (SSSR count). The molecule has 134 valence electrons. The highest BCUT2D eigenvalue weighted by Gasteiger charge is 2.25. The van der Waals surface area contributed by atoms with Crippen LogP contribution in [0.4, 0.5) is 11.4 Å². The van der Waals surface area contributed by atoms with Gasteiger partial charge in [0.1, 0.15) is 11.3 Å². The molecule has 0 aliphatic rings. The maximum Gasteiger partial charge on any atom is 0.293 e. The van der Waals surface area contributed by atoms with Gasteiger partial charge >= 0.3 is 0 Å². The number of rotatable bonds is 6. The number of benzene rings is 2. The molecule has 2 aromatic carbocycles. The minimum absolute atomic E-state index is 0.0553. The third kappa shape index (κ3) is 4.67. The average molecular weight is 386 g/mol. The second kappa shape index (κ2) is 6.96. The Bertz CT molecular complexity index is 915. The molecular weight excluding hydrogens is 370 g/mol. The van der Waals surface area contributed by atoms with E-state index in [2.05, 4.69) is 5.32 Å². The van der Waals surface area contributed by atoms with Crippen molar-refractivity contribution in [3.05, 3.63) is 63.2 Å². The van der Waals surface area contributed by atoms with Gasteiger partial charge in [0.05, 0.1) is 9.82 Å². The normalized spacial score (nSPS) is 13.9. The second-order valence-corrected chi connectivity index (χ2v) is 7.62. The minimum Gasteiger partial charge on any atom is -0.384 e. The van der Waals surface area contributed by atoms with Crippen molar-refractivity contribution >= 4 is 33.0 Å². The van der Waals surface area contributed by atoms with Crippen LogP contribution in [0.15, 0.2) is 47.4 Å². The van der Waals surface area contributed by atoms with Crippen LogP contribution in [0.5, 0.6) is 0 Å². The van der Waals surface area contributed by atoms with Crippen molar-refractivity contribution in [1.82, 2.24) is 0 Å². The van der Waals surface area contributed by atoms with Crippen molar-refractivity contribution in [2.45, 2.75) is 17.4 Å². The summed E-state index contributed by atoms with van der Waals surface area (Å²) in [6.07, 6.45) is 0. The Balaban J connectivity index is 2.29. The molecule has 0 spiro atoms. The zero-order valence-corrected chi connectivity index (χ0v) is 14.7. The molecule has 0 saturated carbocycles. The van der Waals surface area contributed by atoms with Gasteiger partial charge in [-0.15, -0.1) is 0 Å². The first-order valence-electron chi connectivity index (χ1n) is 7.04. The number of sulfonamides is 1. The Labute approximate surface area is 149 Å². The standard InChI is InChI=1S/C15H16ClN3O5S/c1-15(20,10-3-2-4-11(16)7-10)9-18-13-6-5-12(25(17,23)24)8-14(13)19(21)22/h2-8,18,20H,9H2,1H3,(H2,17,23,24). The van der Waals surface area contributed by atoms with Crippen molar-refractivity contribution in [1.29, 1.82) is 0 Å². The largest absolute Gasteiger partial charge is 0.384 e. The van der Waals surface area contributed by atoms with Crippen LogP contribution < -0.4 is 10.5 Å². The molecule has 0 saturated heterocycles. The van der Waals surface area contributed by atoms with Crippen LogP contribution in [0.2, 0.25) is 5.02 Å². The fourth-order valence-corrected chi connectivity index (χ4v) is 2.91. The van der Waals surface area contributed by atoms with E-state index in [0.717, 1.165) is 12.1 Å². The zero-order valence-electron chi connectivity index (χ0n) is 13.1. The Morgan fingerprint density at radius 2 is 2.00 bits per heavy atom. The van der Waals surface area contributed by atoms with E-state index in [1.807, 2.05) is 0 Å². The number of nitro benzene ring substituents is 1. The zero-order chi connectivity index (χ0) is 18.8. The van der Waals surface area contributed by atoms with Crippen molar-refractivity contribution in [2.24, 2.45) is 5.14 Å². The van der Waals surface area contributed by atoms with E-state index >= 15 is 0 Å². The molecule has 0 aliphatic carbocycles. The van der Waals surface area contributed by atoms with E-state index in [1.165, 1.54) is 13.0 Å². The highest BCUT2D eigenvalue weighted by atomic mass is 35.5. The van der Waals surface area contributed by atoms with E-state index in [1.54, 1.807) is 24.3 Å². The Morgan fingerprint density at radius 3 is 2.56 bits per heavy atom. The van der Waals surface area contributed by atoms with Gasteiger partial charge < -0.3 is 10.4 Å². The van der Waals surface area contributed by atoms with Gasteiger partial charge in [-0.3, -0.25) is 10.1 Å². The summed E-state index contributed by atoms with van der Waals surface area (Å²) in [4.78, 5) is 10.1. The monoisotopic (exact) mass is 385 g/mol. The highest BCUT2D eigenvalue weighted by molar-refractivity contribution is 7.89. The van der Waals surface area contributed by atoms with E-state index in [4.69, 9.17) is 16.7 Å². The molecule has 0 heterocycles. The molecule has 0 amide bonds. The van der Waals surface area contributed by atoms with Crippen molar-refractivity contribution < 1.29 is 18.4 Å². The molecule has 0 bridgehead atoms. The Kier molecular flexibility index (Phi) is 5.33. The first kappa shape index (κ1) is 19.1. The Morgan fingerprint density at radius 1 is 1.32 bits per heavy atom. The lowest BCUT2D eigenvalue weighted by atomic mass is 9.96. The third-order valence-corrected chi connectivity index (χ3v) is 4.71. The van der Waals surface area contributed by atoms with E-state index in [-0.39, 0.29) is 17.1 Å². The maximum absolute atomic E-state index is 11.3. The molecule has 10 heteroatoms. The van der Waals surface area contributed by atoms with E-state index in [9.17, 15) is 23.6 Å². The van der Waals surface area contributed by atoms with Gasteiger partial charge in [0.15, 0.2) is 0 Å². The number of nitrogens with zero attached hydrogens (tertiary/aromatic N) is 1. The number of aliphatic hydroxyl groups is 1. The fourth-order valence-electron chi connectivity index (χ4n) is 2.18. The molecular formula is C15H16ClN3O5S. The van der Waals surface area contributed by atoms with Crippen LogP contribution in [0, 0.1) is 10.1 Å². The topological polar surface area (TPSA) is 136 Å². The number of anilines is 1. The van der Waals surface area contributed by atoms with E-state index < -0.39 is 26.2 Å². The fraction of sp³-hybridized carbons (Fsp3) is 0.200. The lowest BCUT2D eigenvalue weighted by Crippen LogP contribution is -2.31. The van der Waals surface area contributed by atoms with Crippen LogP contribution in [-0.4, -0.2) is 25.0 Å². The number of nitrogens with two attached hydrogens (primary N) is 1. The lowest BCUT2D eigenvalue weighted by molar-refractivity contribution is -0.384. The number of hydrogen-bond acceptors (Lipinski definition) is 6. The van der Waals surface area contributed by atoms with Crippen LogP contribution >= 0.6 is 11.6 Å². The first-order valence-corrected chi connectivity index (χ1v) is 8.97. The van der Waals surface area contributed by atoms with Gasteiger partial charge in [0.2, 0.25) is 10.0 Å². The van der Waals surface area contributed by atoms with Crippen molar-refractivity contribution in [3.63, 3.8) is 0 Å². The molecule has 0 aliphatic heterocycles. The van der Waals surface area contributed by atoms with Gasteiger partial charge in [-0.2, -0.15) is 0 Å². The summed E-state index contributed by atoms with van der Waals surface area (Å²) in [5.41, 5.74) is -1.25. The molecule has 4 N–H and O–H groups in total. The SMILES string of the molecule is CC(O)(CNc1ccc(S(N)(=O)=O)cc1[N+](=O)[O-])c1cccc(Cl)c1. The van der Waals surface area contributed by atoms with Gasteiger partial charge in [-0.1, -0.05) is 23.7 Å². The second-order valence-electron chi connectivity index (χ2n) is 5.62. The predicted molar refractivity (Wildman–Crippen MR) is 94.0 cm³/mol. The van der Waals surface area contributed by atoms with Gasteiger partial charge in [0.25, 0.3) is 5.69 Å². The van der Waals surface area contributed by atoms with Gasteiger partial charge in [0, 0.05) is 17.6 Å². The molecule has 25 heavy (non-hydrogen) atoms. The number of nitrogens with one attached hydrogen (secondary N) is 1. The molecule has 0 radical (unpaired) electrons. The van der Waals surface area contributed by atoms with Crippen LogP contribution in [0.1, 0.15) is 12.5 Å². The van der Waals surface area contributed by atoms with Crippen LogP contribution in [0.25, 0.3) is 0 Å². The summed E-state index contributed by atoms with van der Waals surface area (Å²) in [6, 6.07) is 9.84. The van der Waals surface area contributed by atoms with Gasteiger partial charge in [-0.05, 0) is 36.8 Å². The maximum atomic E-state index is 11.3. The first-order chi connectivity index (χ1) is 11.5. The molecule has 2 aromatic rings. The van der Waals surface area contributed by atoms with Crippen molar-refractivity contribution in [2.75, 3.05) is 11.9 Å². The summed E-state index contributed by atoms with van der Waals surface area (Å²) in [7, 11) is -4.06. The molecule has 0 aromatic heterocycles.